The lowest BCUT2D eigenvalue weighted by molar-refractivity contribution is -0.191. The lowest BCUT2D eigenvalue weighted by atomic mass is 10.2. The SMILES string of the molecule is CCC1CC(C)=NO1.O=C=O. The van der Waals surface area contributed by atoms with Crippen LogP contribution in [0.4, 0.5) is 0 Å². The molecular formula is C7H11NO3. The first kappa shape index (κ1) is 9.85. The van der Waals surface area contributed by atoms with E-state index < -0.39 is 0 Å². The van der Waals surface area contributed by atoms with Crippen LogP contribution in [0.3, 0.4) is 0 Å². The molecule has 1 heterocycles. The Morgan fingerprint density at radius 2 is 2.27 bits per heavy atom. The van der Waals surface area contributed by atoms with Crippen molar-refractivity contribution < 1.29 is 14.4 Å². The molecule has 0 aromatic heterocycles. The molecule has 1 aliphatic rings. The zero-order valence-electron chi connectivity index (χ0n) is 6.66. The average Bonchev–Trinajstić information content (AvgIpc) is 2.37. The highest BCUT2D eigenvalue weighted by Gasteiger charge is 2.14. The van der Waals surface area contributed by atoms with Gasteiger partial charge in [-0.1, -0.05) is 12.1 Å². The second-order valence-electron chi connectivity index (χ2n) is 2.25. The van der Waals surface area contributed by atoms with Gasteiger partial charge < -0.3 is 4.84 Å². The minimum absolute atomic E-state index is 0.250. The van der Waals surface area contributed by atoms with Crippen LogP contribution in [0.2, 0.25) is 0 Å². The van der Waals surface area contributed by atoms with Crippen molar-refractivity contribution in [2.45, 2.75) is 32.8 Å². The highest BCUT2D eigenvalue weighted by Crippen LogP contribution is 2.11. The Labute approximate surface area is 65.2 Å². The number of hydrogen-bond donors (Lipinski definition) is 0. The second kappa shape index (κ2) is 5.62. The van der Waals surface area contributed by atoms with Gasteiger partial charge in [-0.15, -0.1) is 0 Å². The molecule has 1 atom stereocenters. The third-order valence-electron chi connectivity index (χ3n) is 1.34. The highest BCUT2D eigenvalue weighted by molar-refractivity contribution is 5.82. The summed E-state index contributed by atoms with van der Waals surface area (Å²) < 4.78 is 0. The Hall–Kier alpha value is -1.15. The molecule has 0 saturated heterocycles. The first-order valence-corrected chi connectivity index (χ1v) is 3.43. The van der Waals surface area contributed by atoms with Crippen LogP contribution >= 0.6 is 0 Å². The molecule has 11 heavy (non-hydrogen) atoms. The zero-order valence-corrected chi connectivity index (χ0v) is 6.66. The van der Waals surface area contributed by atoms with E-state index in [9.17, 15) is 0 Å². The maximum absolute atomic E-state index is 8.12. The largest absolute Gasteiger partial charge is 0.392 e. The number of nitrogens with zero attached hydrogens (tertiary/aromatic N) is 1. The standard InChI is InChI=1S/C6H11NO.CO2/c1-3-6-4-5(2)7-8-6;2-1-3/h6H,3-4H2,1-2H3;. The van der Waals surface area contributed by atoms with Gasteiger partial charge in [0.2, 0.25) is 0 Å². The normalized spacial score (nSPS) is 20.5. The van der Waals surface area contributed by atoms with Crippen LogP contribution in [0.25, 0.3) is 0 Å². The molecule has 0 N–H and O–H groups in total. The molecule has 0 fully saturated rings. The van der Waals surface area contributed by atoms with E-state index >= 15 is 0 Å². The number of carbonyl (C=O) groups excluding carboxylic acids is 2. The van der Waals surface area contributed by atoms with Crippen molar-refractivity contribution in [2.75, 3.05) is 0 Å². The number of oxime groups is 1. The Balaban J connectivity index is 0.000000292. The summed E-state index contributed by atoms with van der Waals surface area (Å²) >= 11 is 0. The lowest BCUT2D eigenvalue weighted by Crippen LogP contribution is -2.03. The molecule has 0 aliphatic carbocycles. The fourth-order valence-corrected chi connectivity index (χ4v) is 0.787. The van der Waals surface area contributed by atoms with Gasteiger partial charge in [0.05, 0.1) is 5.71 Å². The van der Waals surface area contributed by atoms with Gasteiger partial charge in [-0.2, -0.15) is 9.59 Å². The summed E-state index contributed by atoms with van der Waals surface area (Å²) in [5.74, 6) is 0. The molecule has 0 spiro atoms. The smallest absolute Gasteiger partial charge is 0.373 e. The molecule has 1 rings (SSSR count). The first-order chi connectivity index (χ1) is 5.24. The van der Waals surface area contributed by atoms with Gasteiger partial charge in [0, 0.05) is 6.42 Å². The fraction of sp³-hybridized carbons (Fsp3) is 0.714. The maximum atomic E-state index is 8.12. The van der Waals surface area contributed by atoms with Crippen LogP contribution in [-0.2, 0) is 14.4 Å². The van der Waals surface area contributed by atoms with E-state index in [1.807, 2.05) is 6.92 Å². The number of rotatable bonds is 1. The molecule has 0 aromatic rings. The van der Waals surface area contributed by atoms with Crippen LogP contribution in [0.15, 0.2) is 5.16 Å². The van der Waals surface area contributed by atoms with Crippen LogP contribution in [0, 0.1) is 0 Å². The Bertz CT molecular complexity index is 171. The molecule has 62 valence electrons. The van der Waals surface area contributed by atoms with E-state index in [0.717, 1.165) is 18.6 Å². The summed E-state index contributed by atoms with van der Waals surface area (Å²) in [6.07, 6.45) is 2.71. The zero-order chi connectivity index (χ0) is 8.69. The van der Waals surface area contributed by atoms with Gasteiger partial charge in [0.1, 0.15) is 6.10 Å². The molecule has 4 nitrogen and oxygen atoms in total. The Morgan fingerprint density at radius 3 is 2.45 bits per heavy atom. The quantitative estimate of drug-likeness (QED) is 0.570. The molecule has 1 unspecified atom stereocenters. The molecule has 0 aromatic carbocycles. The summed E-state index contributed by atoms with van der Waals surface area (Å²) in [5.41, 5.74) is 1.12. The topological polar surface area (TPSA) is 55.7 Å². The minimum Gasteiger partial charge on any atom is -0.392 e. The van der Waals surface area contributed by atoms with Crippen molar-refractivity contribution in [1.29, 1.82) is 0 Å². The van der Waals surface area contributed by atoms with Gasteiger partial charge in [-0.3, -0.25) is 0 Å². The predicted octanol–water partition coefficient (Wildman–Crippen LogP) is 0.978. The highest BCUT2D eigenvalue weighted by atomic mass is 16.6. The molecule has 0 bridgehead atoms. The maximum Gasteiger partial charge on any atom is 0.373 e. The predicted molar refractivity (Wildman–Crippen MR) is 37.9 cm³/mol. The minimum atomic E-state index is 0.250. The van der Waals surface area contributed by atoms with E-state index in [1.54, 1.807) is 0 Å². The van der Waals surface area contributed by atoms with Crippen LogP contribution in [0.1, 0.15) is 26.7 Å². The van der Waals surface area contributed by atoms with E-state index in [0.29, 0.717) is 6.10 Å². The fourth-order valence-electron chi connectivity index (χ4n) is 0.787. The van der Waals surface area contributed by atoms with Crippen molar-refractivity contribution in [3.8, 4) is 0 Å². The average molecular weight is 157 g/mol. The van der Waals surface area contributed by atoms with Crippen molar-refractivity contribution in [2.24, 2.45) is 5.16 Å². The summed E-state index contributed by atoms with van der Waals surface area (Å²) in [6.45, 7) is 4.11. The Morgan fingerprint density at radius 1 is 1.73 bits per heavy atom. The van der Waals surface area contributed by atoms with Crippen molar-refractivity contribution >= 4 is 11.9 Å². The summed E-state index contributed by atoms with van der Waals surface area (Å²) in [4.78, 5) is 21.3. The van der Waals surface area contributed by atoms with Gasteiger partial charge in [0.25, 0.3) is 0 Å². The van der Waals surface area contributed by atoms with Gasteiger partial charge in [-0.05, 0) is 13.3 Å². The van der Waals surface area contributed by atoms with E-state index in [1.165, 1.54) is 0 Å². The van der Waals surface area contributed by atoms with Crippen LogP contribution < -0.4 is 0 Å². The van der Waals surface area contributed by atoms with Crippen molar-refractivity contribution in [3.05, 3.63) is 0 Å². The molecule has 1 aliphatic heterocycles. The molecule has 0 radical (unpaired) electrons. The molecular weight excluding hydrogens is 146 g/mol. The second-order valence-corrected chi connectivity index (χ2v) is 2.25. The van der Waals surface area contributed by atoms with Gasteiger partial charge in [-0.25, -0.2) is 0 Å². The van der Waals surface area contributed by atoms with E-state index in [-0.39, 0.29) is 6.15 Å². The monoisotopic (exact) mass is 157 g/mol. The van der Waals surface area contributed by atoms with Gasteiger partial charge >= 0.3 is 6.15 Å². The number of hydrogen-bond acceptors (Lipinski definition) is 4. The molecule has 0 amide bonds. The van der Waals surface area contributed by atoms with Crippen LogP contribution in [0.5, 0.6) is 0 Å². The van der Waals surface area contributed by atoms with Crippen molar-refractivity contribution in [3.63, 3.8) is 0 Å². The summed E-state index contributed by atoms with van der Waals surface area (Å²) in [5, 5.41) is 3.81. The third-order valence-corrected chi connectivity index (χ3v) is 1.34. The Kier molecular flexibility index (Phi) is 5.03. The van der Waals surface area contributed by atoms with Crippen molar-refractivity contribution in [1.82, 2.24) is 0 Å². The first-order valence-electron chi connectivity index (χ1n) is 3.43. The van der Waals surface area contributed by atoms with E-state index in [2.05, 4.69) is 12.1 Å². The summed E-state index contributed by atoms with van der Waals surface area (Å²) in [6, 6.07) is 0. The van der Waals surface area contributed by atoms with E-state index in [4.69, 9.17) is 14.4 Å². The van der Waals surface area contributed by atoms with Gasteiger partial charge in [0.15, 0.2) is 0 Å². The molecule has 4 heteroatoms. The summed E-state index contributed by atoms with van der Waals surface area (Å²) in [7, 11) is 0. The third kappa shape index (κ3) is 4.28. The lowest BCUT2D eigenvalue weighted by Gasteiger charge is -2.00. The molecule has 0 saturated carbocycles. The van der Waals surface area contributed by atoms with Crippen LogP contribution in [-0.4, -0.2) is 18.0 Å².